The van der Waals surface area contributed by atoms with Crippen LogP contribution in [0.1, 0.15) is 51.6 Å². The number of hydrogen-bond donors (Lipinski definition) is 2. The molecule has 0 saturated carbocycles. The van der Waals surface area contributed by atoms with Crippen LogP contribution in [0.2, 0.25) is 0 Å². The maximum Gasteiger partial charge on any atom is 0.229 e. The summed E-state index contributed by atoms with van der Waals surface area (Å²) in [4.78, 5) is 28.3. The van der Waals surface area contributed by atoms with Gasteiger partial charge in [-0.2, -0.15) is 0 Å². The maximum absolute atomic E-state index is 12.3. The number of nitrogens with one attached hydrogen (secondary N) is 2. The Morgan fingerprint density at radius 3 is 2.81 bits per heavy atom. The van der Waals surface area contributed by atoms with Crippen LogP contribution in [-0.2, 0) is 9.59 Å². The first-order chi connectivity index (χ1) is 13.0. The minimum atomic E-state index is -0.0571. The van der Waals surface area contributed by atoms with Gasteiger partial charge >= 0.3 is 0 Å². The standard InChI is InChI=1S/C20H25N3O3S/c1-4-13(5-2)19(25)23-20-22-17(11-27-20)14-6-7-18-15(10-14)16(8-9-26-18)21-12(3)24/h6-7,10-11,13,16H,4-5,8-9H2,1-3H3,(H,21,24)(H,22,23,25). The molecule has 1 aromatic heterocycles. The van der Waals surface area contributed by atoms with Gasteiger partial charge in [0.05, 0.1) is 18.3 Å². The Morgan fingerprint density at radius 2 is 2.11 bits per heavy atom. The number of benzene rings is 1. The molecule has 2 aromatic rings. The summed E-state index contributed by atoms with van der Waals surface area (Å²) < 4.78 is 5.71. The number of carbonyl (C=O) groups excluding carboxylic acids is 2. The summed E-state index contributed by atoms with van der Waals surface area (Å²) in [6.45, 7) is 6.14. The minimum absolute atomic E-state index is 0.0108. The van der Waals surface area contributed by atoms with Crippen molar-refractivity contribution in [2.75, 3.05) is 11.9 Å². The van der Waals surface area contributed by atoms with Gasteiger partial charge in [0.2, 0.25) is 11.8 Å². The van der Waals surface area contributed by atoms with Crippen LogP contribution in [0.25, 0.3) is 11.3 Å². The lowest BCUT2D eigenvalue weighted by Gasteiger charge is -2.26. The maximum atomic E-state index is 12.3. The van der Waals surface area contributed by atoms with Gasteiger partial charge in [0, 0.05) is 35.8 Å². The predicted molar refractivity (Wildman–Crippen MR) is 107 cm³/mol. The lowest BCUT2D eigenvalue weighted by atomic mass is 9.97. The van der Waals surface area contributed by atoms with Crippen LogP contribution >= 0.6 is 11.3 Å². The third kappa shape index (κ3) is 4.47. The SMILES string of the molecule is CCC(CC)C(=O)Nc1nc(-c2ccc3c(c2)C(NC(C)=O)CCO3)cs1. The molecule has 2 N–H and O–H groups in total. The molecule has 1 atom stereocenters. The van der Waals surface area contributed by atoms with E-state index in [-0.39, 0.29) is 23.8 Å². The molecule has 0 spiro atoms. The van der Waals surface area contributed by atoms with Crippen LogP contribution < -0.4 is 15.4 Å². The molecule has 1 aliphatic rings. The van der Waals surface area contributed by atoms with E-state index in [1.54, 1.807) is 0 Å². The van der Waals surface area contributed by atoms with Crippen LogP contribution in [0, 0.1) is 5.92 Å². The topological polar surface area (TPSA) is 80.3 Å². The Morgan fingerprint density at radius 1 is 1.33 bits per heavy atom. The molecule has 7 heteroatoms. The van der Waals surface area contributed by atoms with E-state index in [0.717, 1.165) is 41.8 Å². The van der Waals surface area contributed by atoms with Crippen molar-refractivity contribution in [2.45, 2.75) is 46.1 Å². The van der Waals surface area contributed by atoms with E-state index in [1.807, 2.05) is 37.4 Å². The smallest absolute Gasteiger partial charge is 0.229 e. The molecule has 0 radical (unpaired) electrons. The number of anilines is 1. The second kappa shape index (κ2) is 8.52. The van der Waals surface area contributed by atoms with E-state index in [4.69, 9.17) is 4.74 Å². The van der Waals surface area contributed by atoms with Gasteiger partial charge in [-0.15, -0.1) is 11.3 Å². The van der Waals surface area contributed by atoms with Crippen molar-refractivity contribution < 1.29 is 14.3 Å². The molecule has 0 saturated heterocycles. The van der Waals surface area contributed by atoms with Gasteiger partial charge in [-0.05, 0) is 31.0 Å². The number of amides is 2. The number of aromatic nitrogens is 1. The highest BCUT2D eigenvalue weighted by Crippen LogP contribution is 2.36. The van der Waals surface area contributed by atoms with E-state index in [2.05, 4.69) is 15.6 Å². The van der Waals surface area contributed by atoms with E-state index < -0.39 is 0 Å². The highest BCUT2D eigenvalue weighted by molar-refractivity contribution is 7.14. The first kappa shape index (κ1) is 19.4. The average molecular weight is 388 g/mol. The number of hydrogen-bond acceptors (Lipinski definition) is 5. The third-order valence-electron chi connectivity index (χ3n) is 4.81. The number of ether oxygens (including phenoxy) is 1. The Bertz CT molecular complexity index is 830. The third-order valence-corrected chi connectivity index (χ3v) is 5.57. The second-order valence-electron chi connectivity index (χ2n) is 6.68. The molecule has 1 aromatic carbocycles. The first-order valence-corrected chi connectivity index (χ1v) is 10.2. The molecule has 0 fully saturated rings. The molecule has 2 heterocycles. The number of carbonyl (C=O) groups is 2. The van der Waals surface area contributed by atoms with Gasteiger partial charge in [-0.25, -0.2) is 4.98 Å². The zero-order valence-electron chi connectivity index (χ0n) is 15.9. The van der Waals surface area contributed by atoms with Crippen LogP contribution in [0.5, 0.6) is 5.75 Å². The summed E-state index contributed by atoms with van der Waals surface area (Å²) in [6.07, 6.45) is 2.37. The Kier molecular flexibility index (Phi) is 6.11. The molecule has 1 unspecified atom stereocenters. The van der Waals surface area contributed by atoms with Gasteiger partial charge in [-0.1, -0.05) is 13.8 Å². The van der Waals surface area contributed by atoms with Crippen molar-refractivity contribution in [3.63, 3.8) is 0 Å². The van der Waals surface area contributed by atoms with Crippen molar-refractivity contribution in [3.05, 3.63) is 29.1 Å². The summed E-state index contributed by atoms with van der Waals surface area (Å²) in [5.41, 5.74) is 2.70. The summed E-state index contributed by atoms with van der Waals surface area (Å²) in [5.74, 6) is 0.765. The average Bonchev–Trinajstić information content (AvgIpc) is 3.10. The Balaban J connectivity index is 1.81. The fourth-order valence-electron chi connectivity index (χ4n) is 3.28. The number of thiazole rings is 1. The van der Waals surface area contributed by atoms with Crippen molar-refractivity contribution >= 4 is 28.3 Å². The number of nitrogens with zero attached hydrogens (tertiary/aromatic N) is 1. The van der Waals surface area contributed by atoms with Crippen LogP contribution in [0.3, 0.4) is 0 Å². The second-order valence-corrected chi connectivity index (χ2v) is 7.54. The van der Waals surface area contributed by atoms with Gasteiger partial charge in [0.25, 0.3) is 0 Å². The van der Waals surface area contributed by atoms with Crippen LogP contribution in [0.15, 0.2) is 23.6 Å². The summed E-state index contributed by atoms with van der Waals surface area (Å²) in [7, 11) is 0. The Labute approximate surface area is 163 Å². The highest BCUT2D eigenvalue weighted by atomic mass is 32.1. The van der Waals surface area contributed by atoms with Gasteiger partial charge < -0.3 is 15.4 Å². The molecular weight excluding hydrogens is 362 g/mol. The van der Waals surface area contributed by atoms with E-state index >= 15 is 0 Å². The zero-order chi connectivity index (χ0) is 19.4. The number of rotatable bonds is 6. The van der Waals surface area contributed by atoms with Crippen molar-refractivity contribution in [3.8, 4) is 17.0 Å². The molecule has 27 heavy (non-hydrogen) atoms. The molecule has 0 aliphatic carbocycles. The predicted octanol–water partition coefficient (Wildman–Crippen LogP) is 4.14. The molecule has 144 valence electrons. The zero-order valence-corrected chi connectivity index (χ0v) is 16.7. The van der Waals surface area contributed by atoms with Crippen molar-refractivity contribution in [1.82, 2.24) is 10.3 Å². The molecule has 3 rings (SSSR count). The largest absolute Gasteiger partial charge is 0.493 e. The Hall–Kier alpha value is -2.41. The van der Waals surface area contributed by atoms with Gasteiger partial charge in [0.15, 0.2) is 5.13 Å². The van der Waals surface area contributed by atoms with E-state index in [9.17, 15) is 9.59 Å². The molecule has 1 aliphatic heterocycles. The molecular formula is C20H25N3O3S. The number of fused-ring (bicyclic) bond motifs is 1. The monoisotopic (exact) mass is 387 g/mol. The molecule has 0 bridgehead atoms. The summed E-state index contributed by atoms with van der Waals surface area (Å²) in [6, 6.07) is 5.83. The molecule has 6 nitrogen and oxygen atoms in total. The molecule has 2 amide bonds. The minimum Gasteiger partial charge on any atom is -0.493 e. The van der Waals surface area contributed by atoms with Crippen molar-refractivity contribution in [2.24, 2.45) is 5.92 Å². The normalized spacial score (nSPS) is 15.8. The van der Waals surface area contributed by atoms with Gasteiger partial charge in [-0.3, -0.25) is 9.59 Å². The first-order valence-electron chi connectivity index (χ1n) is 9.32. The van der Waals surface area contributed by atoms with Crippen LogP contribution in [0.4, 0.5) is 5.13 Å². The fraction of sp³-hybridized carbons (Fsp3) is 0.450. The van der Waals surface area contributed by atoms with Gasteiger partial charge in [0.1, 0.15) is 5.75 Å². The summed E-state index contributed by atoms with van der Waals surface area (Å²) in [5, 5.41) is 8.44. The lowest BCUT2D eigenvalue weighted by molar-refractivity contribution is -0.120. The highest BCUT2D eigenvalue weighted by Gasteiger charge is 2.23. The van der Waals surface area contributed by atoms with Crippen LogP contribution in [-0.4, -0.2) is 23.4 Å². The van der Waals surface area contributed by atoms with E-state index in [1.165, 1.54) is 18.3 Å². The van der Waals surface area contributed by atoms with E-state index in [0.29, 0.717) is 11.7 Å². The lowest BCUT2D eigenvalue weighted by Crippen LogP contribution is -2.30. The fourth-order valence-corrected chi connectivity index (χ4v) is 4.00. The summed E-state index contributed by atoms with van der Waals surface area (Å²) >= 11 is 1.42. The quantitative estimate of drug-likeness (QED) is 0.780. The van der Waals surface area contributed by atoms with Crippen molar-refractivity contribution in [1.29, 1.82) is 0 Å².